The van der Waals surface area contributed by atoms with Crippen molar-refractivity contribution in [3.63, 3.8) is 0 Å². The molecule has 0 saturated carbocycles. The summed E-state index contributed by atoms with van der Waals surface area (Å²) in [6.07, 6.45) is 0.774. The molecular weight excluding hydrogens is 468 g/mol. The Morgan fingerprint density at radius 2 is 1.76 bits per heavy atom. The maximum absolute atomic E-state index is 12.9. The molecule has 0 aliphatic carbocycles. The molecule has 3 aromatic rings. The van der Waals surface area contributed by atoms with Crippen LogP contribution in [0.2, 0.25) is 5.02 Å². The third kappa shape index (κ3) is 5.57. The SMILES string of the molecule is CC[C@@H](NC(=O)c1ccc([C@H]2SCC(=O)N2Cc2ccc(Cl)cc2)cc1)c1ccc(OC)cc1. The van der Waals surface area contributed by atoms with Crippen molar-refractivity contribution in [3.05, 3.63) is 100 Å². The molecule has 1 fully saturated rings. The summed E-state index contributed by atoms with van der Waals surface area (Å²) in [6, 6.07) is 22.7. The number of thioether (sulfide) groups is 1. The average molecular weight is 495 g/mol. The minimum absolute atomic E-state index is 0.0806. The zero-order chi connectivity index (χ0) is 24.1. The van der Waals surface area contributed by atoms with E-state index < -0.39 is 0 Å². The van der Waals surface area contributed by atoms with E-state index in [4.69, 9.17) is 16.3 Å². The van der Waals surface area contributed by atoms with Crippen LogP contribution in [-0.4, -0.2) is 29.6 Å². The number of hydrogen-bond donors (Lipinski definition) is 1. The van der Waals surface area contributed by atoms with Gasteiger partial charge in [0.15, 0.2) is 0 Å². The van der Waals surface area contributed by atoms with Gasteiger partial charge >= 0.3 is 0 Å². The van der Waals surface area contributed by atoms with E-state index in [1.54, 1.807) is 18.9 Å². The van der Waals surface area contributed by atoms with Crippen LogP contribution < -0.4 is 10.1 Å². The number of nitrogens with zero attached hydrogens (tertiary/aromatic N) is 1. The second kappa shape index (κ2) is 11.0. The second-order valence-electron chi connectivity index (χ2n) is 8.14. The van der Waals surface area contributed by atoms with Crippen molar-refractivity contribution in [2.45, 2.75) is 31.3 Å². The summed E-state index contributed by atoms with van der Waals surface area (Å²) in [5.74, 6) is 1.22. The van der Waals surface area contributed by atoms with E-state index in [2.05, 4.69) is 5.32 Å². The molecule has 0 bridgehead atoms. The standard InChI is InChI=1S/C27H27ClN2O3S/c1-3-24(19-10-14-23(33-2)15-11-19)29-26(32)20-6-8-21(9-7-20)27-30(25(31)17-34-27)16-18-4-12-22(28)13-5-18/h4-15,24,27H,3,16-17H2,1-2H3,(H,29,32)/t24-,27-/m1/s1. The Kier molecular flexibility index (Phi) is 7.80. The fraction of sp³-hybridized carbons (Fsp3) is 0.259. The monoisotopic (exact) mass is 494 g/mol. The van der Waals surface area contributed by atoms with Crippen LogP contribution in [0.1, 0.15) is 51.8 Å². The number of nitrogens with one attached hydrogen (secondary N) is 1. The number of ether oxygens (including phenoxy) is 1. The molecule has 1 saturated heterocycles. The van der Waals surface area contributed by atoms with E-state index in [0.717, 1.165) is 28.9 Å². The predicted molar refractivity (Wildman–Crippen MR) is 137 cm³/mol. The first-order valence-corrected chi connectivity index (χ1v) is 12.6. The Morgan fingerprint density at radius 3 is 2.38 bits per heavy atom. The summed E-state index contributed by atoms with van der Waals surface area (Å²) in [6.45, 7) is 2.57. The van der Waals surface area contributed by atoms with Gasteiger partial charge < -0.3 is 15.0 Å². The van der Waals surface area contributed by atoms with Crippen LogP contribution in [0.5, 0.6) is 5.75 Å². The summed E-state index contributed by atoms with van der Waals surface area (Å²) in [5, 5.41) is 3.71. The Balaban J connectivity index is 1.44. The quantitative estimate of drug-likeness (QED) is 0.417. The van der Waals surface area contributed by atoms with Gasteiger partial charge in [0.05, 0.1) is 18.9 Å². The van der Waals surface area contributed by atoms with Crippen LogP contribution in [0.25, 0.3) is 0 Å². The van der Waals surface area contributed by atoms with Crippen molar-refractivity contribution in [3.8, 4) is 5.75 Å². The average Bonchev–Trinajstić information content (AvgIpc) is 3.23. The van der Waals surface area contributed by atoms with E-state index in [-0.39, 0.29) is 23.2 Å². The van der Waals surface area contributed by atoms with Crippen LogP contribution >= 0.6 is 23.4 Å². The van der Waals surface area contributed by atoms with Gasteiger partial charge in [0.2, 0.25) is 5.91 Å². The Labute approximate surface area is 209 Å². The number of carbonyl (C=O) groups excluding carboxylic acids is 2. The molecule has 2 atom stereocenters. The maximum atomic E-state index is 12.9. The zero-order valence-corrected chi connectivity index (χ0v) is 20.7. The van der Waals surface area contributed by atoms with Crippen molar-refractivity contribution in [1.29, 1.82) is 0 Å². The summed E-state index contributed by atoms with van der Waals surface area (Å²) < 4.78 is 5.22. The van der Waals surface area contributed by atoms with Crippen molar-refractivity contribution in [2.75, 3.05) is 12.9 Å². The molecule has 0 spiro atoms. The molecule has 3 aromatic carbocycles. The van der Waals surface area contributed by atoms with E-state index >= 15 is 0 Å². The molecule has 176 valence electrons. The molecule has 4 rings (SSSR count). The first-order chi connectivity index (χ1) is 16.5. The van der Waals surface area contributed by atoms with E-state index in [1.807, 2.05) is 84.6 Å². The van der Waals surface area contributed by atoms with Gasteiger partial charge in [-0.1, -0.05) is 54.9 Å². The molecule has 7 heteroatoms. The number of amides is 2. The number of halogens is 1. The van der Waals surface area contributed by atoms with Gasteiger partial charge in [-0.25, -0.2) is 0 Å². The Hall–Kier alpha value is -2.96. The van der Waals surface area contributed by atoms with Gasteiger partial charge in [-0.15, -0.1) is 11.8 Å². The Bertz CT molecular complexity index is 1130. The maximum Gasteiger partial charge on any atom is 0.251 e. The van der Waals surface area contributed by atoms with Gasteiger partial charge in [0.1, 0.15) is 11.1 Å². The van der Waals surface area contributed by atoms with Crippen LogP contribution in [0.3, 0.4) is 0 Å². The fourth-order valence-corrected chi connectivity index (χ4v) is 5.30. The molecule has 1 aliphatic rings. The van der Waals surface area contributed by atoms with E-state index in [1.165, 1.54) is 0 Å². The van der Waals surface area contributed by atoms with Crippen LogP contribution in [0.4, 0.5) is 0 Å². The van der Waals surface area contributed by atoms with Gasteiger partial charge in [0, 0.05) is 17.1 Å². The summed E-state index contributed by atoms with van der Waals surface area (Å²) in [4.78, 5) is 27.3. The fourth-order valence-electron chi connectivity index (χ4n) is 3.99. The number of carbonyl (C=O) groups is 2. The van der Waals surface area contributed by atoms with Crippen LogP contribution in [0, 0.1) is 0 Å². The topological polar surface area (TPSA) is 58.6 Å². The van der Waals surface area contributed by atoms with Crippen molar-refractivity contribution < 1.29 is 14.3 Å². The van der Waals surface area contributed by atoms with Crippen LogP contribution in [0.15, 0.2) is 72.8 Å². The third-order valence-electron chi connectivity index (χ3n) is 5.92. The Morgan fingerprint density at radius 1 is 1.09 bits per heavy atom. The molecule has 1 N–H and O–H groups in total. The number of methoxy groups -OCH3 is 1. The van der Waals surface area contributed by atoms with Gasteiger partial charge in [-0.05, 0) is 59.5 Å². The van der Waals surface area contributed by atoms with Crippen molar-refractivity contribution in [2.24, 2.45) is 0 Å². The molecule has 0 aromatic heterocycles. The number of hydrogen-bond acceptors (Lipinski definition) is 4. The second-order valence-corrected chi connectivity index (χ2v) is 9.65. The van der Waals surface area contributed by atoms with E-state index in [0.29, 0.717) is 22.9 Å². The van der Waals surface area contributed by atoms with E-state index in [9.17, 15) is 9.59 Å². The zero-order valence-electron chi connectivity index (χ0n) is 19.2. The number of benzene rings is 3. The molecule has 0 radical (unpaired) electrons. The summed E-state index contributed by atoms with van der Waals surface area (Å²) >= 11 is 7.59. The highest BCUT2D eigenvalue weighted by atomic mass is 35.5. The minimum atomic E-state index is -0.123. The molecule has 34 heavy (non-hydrogen) atoms. The lowest BCUT2D eigenvalue weighted by Gasteiger charge is -2.24. The first-order valence-electron chi connectivity index (χ1n) is 11.2. The molecule has 1 aliphatic heterocycles. The third-order valence-corrected chi connectivity index (χ3v) is 7.43. The lowest BCUT2D eigenvalue weighted by molar-refractivity contribution is -0.128. The summed E-state index contributed by atoms with van der Waals surface area (Å²) in [7, 11) is 1.63. The summed E-state index contributed by atoms with van der Waals surface area (Å²) in [5.41, 5.74) is 3.66. The normalized spacial score (nSPS) is 16.4. The van der Waals surface area contributed by atoms with Crippen molar-refractivity contribution >= 4 is 35.2 Å². The molecule has 5 nitrogen and oxygen atoms in total. The molecule has 0 unspecified atom stereocenters. The lowest BCUT2D eigenvalue weighted by Crippen LogP contribution is -2.28. The van der Waals surface area contributed by atoms with Gasteiger partial charge in [-0.2, -0.15) is 0 Å². The molecule has 2 amide bonds. The van der Waals surface area contributed by atoms with Gasteiger partial charge in [-0.3, -0.25) is 9.59 Å². The number of rotatable bonds is 8. The highest BCUT2D eigenvalue weighted by Gasteiger charge is 2.32. The molecule has 1 heterocycles. The predicted octanol–water partition coefficient (Wildman–Crippen LogP) is 6.00. The van der Waals surface area contributed by atoms with Gasteiger partial charge in [0.25, 0.3) is 5.91 Å². The largest absolute Gasteiger partial charge is 0.497 e. The smallest absolute Gasteiger partial charge is 0.251 e. The highest BCUT2D eigenvalue weighted by Crippen LogP contribution is 2.39. The highest BCUT2D eigenvalue weighted by molar-refractivity contribution is 8.00. The molecular formula is C27H27ClN2O3S. The van der Waals surface area contributed by atoms with Crippen molar-refractivity contribution in [1.82, 2.24) is 10.2 Å². The lowest BCUT2D eigenvalue weighted by atomic mass is 10.0. The van der Waals surface area contributed by atoms with Crippen LogP contribution in [-0.2, 0) is 11.3 Å². The first kappa shape index (κ1) is 24.2. The minimum Gasteiger partial charge on any atom is -0.497 e.